The van der Waals surface area contributed by atoms with Gasteiger partial charge in [0.2, 0.25) is 0 Å². The SMILES string of the molecule is Cc1nc(CCN)n(-c2cccc3ccccc23)n1.Cl. The Morgan fingerprint density at radius 3 is 2.65 bits per heavy atom. The number of halogens is 1. The van der Waals surface area contributed by atoms with E-state index in [0.29, 0.717) is 6.54 Å². The normalized spacial score (nSPS) is 10.5. The summed E-state index contributed by atoms with van der Waals surface area (Å²) in [4.78, 5) is 4.46. The molecule has 5 heteroatoms. The second kappa shape index (κ2) is 6.03. The van der Waals surface area contributed by atoms with Gasteiger partial charge in [-0.1, -0.05) is 36.4 Å². The monoisotopic (exact) mass is 288 g/mol. The zero-order chi connectivity index (χ0) is 13.2. The van der Waals surface area contributed by atoms with Crippen LogP contribution in [-0.4, -0.2) is 21.3 Å². The number of hydrogen-bond donors (Lipinski definition) is 1. The lowest BCUT2D eigenvalue weighted by molar-refractivity contribution is 0.777. The summed E-state index contributed by atoms with van der Waals surface area (Å²) < 4.78 is 1.91. The van der Waals surface area contributed by atoms with Gasteiger partial charge in [0, 0.05) is 11.8 Å². The number of nitrogens with two attached hydrogens (primary N) is 1. The van der Waals surface area contributed by atoms with Crippen LogP contribution in [0, 0.1) is 6.92 Å². The summed E-state index contributed by atoms with van der Waals surface area (Å²) in [7, 11) is 0. The van der Waals surface area contributed by atoms with E-state index in [2.05, 4.69) is 34.3 Å². The molecular weight excluding hydrogens is 272 g/mol. The molecule has 0 atom stereocenters. The Kier molecular flexibility index (Phi) is 4.37. The second-order valence-electron chi connectivity index (χ2n) is 4.52. The fraction of sp³-hybridized carbons (Fsp3) is 0.200. The minimum absolute atomic E-state index is 0. The van der Waals surface area contributed by atoms with E-state index in [0.717, 1.165) is 23.8 Å². The number of aromatic nitrogens is 3. The van der Waals surface area contributed by atoms with E-state index in [-0.39, 0.29) is 12.4 Å². The Morgan fingerprint density at radius 2 is 1.85 bits per heavy atom. The first-order valence-electron chi connectivity index (χ1n) is 6.40. The quantitative estimate of drug-likeness (QED) is 0.806. The van der Waals surface area contributed by atoms with E-state index in [9.17, 15) is 0 Å². The molecule has 104 valence electrons. The summed E-state index contributed by atoms with van der Waals surface area (Å²) in [6.07, 6.45) is 0.726. The molecule has 0 saturated carbocycles. The standard InChI is InChI=1S/C15H16N4.ClH/c1-11-17-15(9-10-16)19(18-11)14-8-4-6-12-5-2-3-7-13(12)14;/h2-8H,9-10,16H2,1H3;1H. The molecule has 0 radical (unpaired) electrons. The van der Waals surface area contributed by atoms with Gasteiger partial charge < -0.3 is 5.73 Å². The van der Waals surface area contributed by atoms with Crippen molar-refractivity contribution in [3.63, 3.8) is 0 Å². The van der Waals surface area contributed by atoms with Gasteiger partial charge in [-0.25, -0.2) is 9.67 Å². The first kappa shape index (κ1) is 14.5. The smallest absolute Gasteiger partial charge is 0.148 e. The molecule has 3 aromatic rings. The van der Waals surface area contributed by atoms with Gasteiger partial charge in [-0.3, -0.25) is 0 Å². The predicted molar refractivity (Wildman–Crippen MR) is 83.6 cm³/mol. The van der Waals surface area contributed by atoms with Crippen molar-refractivity contribution >= 4 is 23.2 Å². The summed E-state index contributed by atoms with van der Waals surface area (Å²) in [5.41, 5.74) is 6.71. The Bertz CT molecular complexity index is 715. The van der Waals surface area contributed by atoms with E-state index in [1.54, 1.807) is 0 Å². The van der Waals surface area contributed by atoms with E-state index < -0.39 is 0 Å². The van der Waals surface area contributed by atoms with E-state index >= 15 is 0 Å². The van der Waals surface area contributed by atoms with Gasteiger partial charge in [-0.05, 0) is 24.9 Å². The van der Waals surface area contributed by atoms with Crippen LogP contribution in [0.5, 0.6) is 0 Å². The summed E-state index contributed by atoms with van der Waals surface area (Å²) >= 11 is 0. The molecule has 0 unspecified atom stereocenters. The Morgan fingerprint density at radius 1 is 1.10 bits per heavy atom. The molecule has 0 aliphatic rings. The van der Waals surface area contributed by atoms with Crippen molar-refractivity contribution in [2.75, 3.05) is 6.54 Å². The highest BCUT2D eigenvalue weighted by Gasteiger charge is 2.10. The van der Waals surface area contributed by atoms with Gasteiger partial charge in [-0.2, -0.15) is 5.10 Å². The van der Waals surface area contributed by atoms with Crippen molar-refractivity contribution in [1.29, 1.82) is 0 Å². The summed E-state index contributed by atoms with van der Waals surface area (Å²) in [6.45, 7) is 2.48. The van der Waals surface area contributed by atoms with Crippen molar-refractivity contribution in [2.45, 2.75) is 13.3 Å². The summed E-state index contributed by atoms with van der Waals surface area (Å²) in [5, 5.41) is 6.87. The van der Waals surface area contributed by atoms with Gasteiger partial charge in [0.15, 0.2) is 0 Å². The fourth-order valence-electron chi connectivity index (χ4n) is 2.34. The number of aryl methyl sites for hydroxylation is 1. The van der Waals surface area contributed by atoms with Crippen molar-refractivity contribution in [3.05, 3.63) is 54.1 Å². The molecule has 4 nitrogen and oxygen atoms in total. The molecule has 0 bridgehead atoms. The molecule has 2 aromatic carbocycles. The van der Waals surface area contributed by atoms with E-state index in [1.165, 1.54) is 10.8 Å². The average Bonchev–Trinajstić information content (AvgIpc) is 2.79. The van der Waals surface area contributed by atoms with Crippen molar-refractivity contribution in [3.8, 4) is 5.69 Å². The van der Waals surface area contributed by atoms with Gasteiger partial charge in [0.05, 0.1) is 5.69 Å². The molecule has 1 heterocycles. The van der Waals surface area contributed by atoms with Crippen LogP contribution in [0.25, 0.3) is 16.5 Å². The average molecular weight is 289 g/mol. The van der Waals surface area contributed by atoms with Crippen LogP contribution in [0.2, 0.25) is 0 Å². The minimum atomic E-state index is 0. The minimum Gasteiger partial charge on any atom is -0.330 e. The number of rotatable bonds is 3. The number of nitrogens with zero attached hydrogens (tertiary/aromatic N) is 3. The van der Waals surface area contributed by atoms with Crippen molar-refractivity contribution < 1.29 is 0 Å². The van der Waals surface area contributed by atoms with Gasteiger partial charge in [-0.15, -0.1) is 12.4 Å². The highest BCUT2D eigenvalue weighted by atomic mass is 35.5. The van der Waals surface area contributed by atoms with Gasteiger partial charge in [0.1, 0.15) is 11.6 Å². The van der Waals surface area contributed by atoms with Gasteiger partial charge in [0.25, 0.3) is 0 Å². The van der Waals surface area contributed by atoms with Crippen molar-refractivity contribution in [1.82, 2.24) is 14.8 Å². The maximum Gasteiger partial charge on any atom is 0.148 e. The van der Waals surface area contributed by atoms with Crippen LogP contribution in [0.4, 0.5) is 0 Å². The highest BCUT2D eigenvalue weighted by molar-refractivity contribution is 5.90. The first-order valence-corrected chi connectivity index (χ1v) is 6.40. The third kappa shape index (κ3) is 2.53. The lowest BCUT2D eigenvalue weighted by Gasteiger charge is -2.08. The lowest BCUT2D eigenvalue weighted by Crippen LogP contribution is -2.10. The summed E-state index contributed by atoms with van der Waals surface area (Å²) in [5.74, 6) is 1.69. The Hall–Kier alpha value is -1.91. The van der Waals surface area contributed by atoms with Crippen LogP contribution in [0.1, 0.15) is 11.6 Å². The Balaban J connectivity index is 0.00000147. The van der Waals surface area contributed by atoms with Crippen LogP contribution in [0.3, 0.4) is 0 Å². The molecule has 0 aliphatic heterocycles. The molecule has 20 heavy (non-hydrogen) atoms. The maximum atomic E-state index is 5.65. The van der Waals surface area contributed by atoms with E-state index in [1.807, 2.05) is 29.8 Å². The molecule has 0 saturated heterocycles. The first-order chi connectivity index (χ1) is 9.29. The molecule has 3 rings (SSSR count). The zero-order valence-corrected chi connectivity index (χ0v) is 12.1. The number of benzene rings is 2. The molecule has 2 N–H and O–H groups in total. The highest BCUT2D eigenvalue weighted by Crippen LogP contribution is 2.22. The molecular formula is C15H17ClN4. The molecule has 0 amide bonds. The predicted octanol–water partition coefficient (Wildman–Crippen LogP) is 2.65. The molecule has 0 fully saturated rings. The summed E-state index contributed by atoms with van der Waals surface area (Å²) in [6, 6.07) is 14.5. The van der Waals surface area contributed by atoms with Crippen LogP contribution < -0.4 is 5.73 Å². The van der Waals surface area contributed by atoms with Crippen LogP contribution in [0.15, 0.2) is 42.5 Å². The van der Waals surface area contributed by atoms with E-state index in [4.69, 9.17) is 5.73 Å². The third-order valence-corrected chi connectivity index (χ3v) is 3.14. The fourth-order valence-corrected chi connectivity index (χ4v) is 2.34. The number of fused-ring (bicyclic) bond motifs is 1. The third-order valence-electron chi connectivity index (χ3n) is 3.14. The number of hydrogen-bond acceptors (Lipinski definition) is 3. The molecule has 0 spiro atoms. The second-order valence-corrected chi connectivity index (χ2v) is 4.52. The molecule has 0 aliphatic carbocycles. The van der Waals surface area contributed by atoms with Crippen molar-refractivity contribution in [2.24, 2.45) is 5.73 Å². The van der Waals surface area contributed by atoms with Crippen LogP contribution >= 0.6 is 12.4 Å². The molecule has 1 aromatic heterocycles. The lowest BCUT2D eigenvalue weighted by atomic mass is 10.1. The largest absolute Gasteiger partial charge is 0.330 e. The van der Waals surface area contributed by atoms with Crippen LogP contribution in [-0.2, 0) is 6.42 Å². The topological polar surface area (TPSA) is 56.7 Å². The zero-order valence-electron chi connectivity index (χ0n) is 11.3. The van der Waals surface area contributed by atoms with Gasteiger partial charge >= 0.3 is 0 Å². The maximum absolute atomic E-state index is 5.65. The Labute approximate surface area is 124 Å².